The molecule has 0 aliphatic carbocycles. The van der Waals surface area contributed by atoms with Gasteiger partial charge in [0.2, 0.25) is 0 Å². The number of hydrogen-bond donors (Lipinski definition) is 0. The Hall–Kier alpha value is -1.45. The van der Waals surface area contributed by atoms with Gasteiger partial charge in [0.1, 0.15) is 5.82 Å². The Morgan fingerprint density at radius 2 is 2.00 bits per heavy atom. The van der Waals surface area contributed by atoms with E-state index in [1.807, 2.05) is 0 Å². The van der Waals surface area contributed by atoms with Crippen molar-refractivity contribution in [1.29, 1.82) is 0 Å². The van der Waals surface area contributed by atoms with Crippen molar-refractivity contribution in [2.45, 2.75) is 0 Å². The number of nitrogens with zero attached hydrogens (tertiary/aromatic N) is 1. The lowest BCUT2D eigenvalue weighted by atomic mass is 10.5. The third-order valence-corrected chi connectivity index (χ3v) is 1.04. The van der Waals surface area contributed by atoms with Crippen LogP contribution in [0.15, 0.2) is 24.3 Å². The Balaban J connectivity index is 3.00. The molecule has 1 rings (SSSR count). The molecule has 0 aliphatic heterocycles. The summed E-state index contributed by atoms with van der Waals surface area (Å²) in [7, 11) is 0. The van der Waals surface area contributed by atoms with E-state index in [2.05, 4.69) is 0 Å². The van der Waals surface area contributed by atoms with Gasteiger partial charge in [-0.05, 0) is 12.1 Å². The molecule has 10 heavy (non-hydrogen) atoms. The predicted molar refractivity (Wildman–Crippen MR) is 33.1 cm³/mol. The van der Waals surface area contributed by atoms with E-state index in [9.17, 15) is 14.5 Å². The van der Waals surface area contributed by atoms with Crippen molar-refractivity contribution < 1.29 is 9.31 Å². The van der Waals surface area contributed by atoms with E-state index in [1.165, 1.54) is 0 Å². The topological polar surface area (TPSA) is 43.1 Å². The zero-order valence-corrected chi connectivity index (χ0v) is 4.95. The first-order valence-electron chi connectivity index (χ1n) is 2.60. The molecule has 0 aromatic heterocycles. The molecule has 3 nitrogen and oxygen atoms in total. The first-order chi connectivity index (χ1) is 4.70. The van der Waals surface area contributed by atoms with Gasteiger partial charge >= 0.3 is 0 Å². The largest absolute Gasteiger partial charge is 0.269 e. The highest BCUT2D eigenvalue weighted by atomic mass is 19.1. The summed E-state index contributed by atoms with van der Waals surface area (Å²) in [6.07, 6.45) is 0. The van der Waals surface area contributed by atoms with E-state index in [0.29, 0.717) is 0 Å². The van der Waals surface area contributed by atoms with Crippen LogP contribution in [-0.4, -0.2) is 4.92 Å². The molecule has 1 aromatic carbocycles. The van der Waals surface area contributed by atoms with Gasteiger partial charge in [0.25, 0.3) is 5.69 Å². The van der Waals surface area contributed by atoms with Gasteiger partial charge in [-0.2, -0.15) is 0 Å². The predicted octanol–water partition coefficient (Wildman–Crippen LogP) is 1.73. The van der Waals surface area contributed by atoms with E-state index in [-0.39, 0.29) is 5.69 Å². The number of nitro groups is 1. The molecule has 0 atom stereocenters. The van der Waals surface area contributed by atoms with Crippen LogP contribution < -0.4 is 0 Å². The van der Waals surface area contributed by atoms with Gasteiger partial charge in [0, 0.05) is 12.1 Å². The fraction of sp³-hybridized carbons (Fsp3) is 0. The smallest absolute Gasteiger partial charge is 0.258 e. The summed E-state index contributed by atoms with van der Waals surface area (Å²) in [4.78, 5) is 9.43. The minimum atomic E-state index is -0.570. The van der Waals surface area contributed by atoms with E-state index in [1.54, 1.807) is 0 Å². The van der Waals surface area contributed by atoms with Gasteiger partial charge in [0.05, 0.1) is 4.92 Å². The SMILES string of the molecule is O=[N+]([O-])[14c]1ccc(F)cc1. The van der Waals surface area contributed by atoms with Gasteiger partial charge in [-0.15, -0.1) is 0 Å². The Kier molecular flexibility index (Phi) is 1.62. The van der Waals surface area contributed by atoms with Crippen LogP contribution in [0.1, 0.15) is 0 Å². The second-order valence-electron chi connectivity index (χ2n) is 1.73. The van der Waals surface area contributed by atoms with Crippen LogP contribution in [-0.2, 0) is 0 Å². The zero-order valence-electron chi connectivity index (χ0n) is 4.95. The van der Waals surface area contributed by atoms with E-state index < -0.39 is 10.7 Å². The fourth-order valence-electron chi connectivity index (χ4n) is 0.563. The molecular weight excluding hydrogens is 139 g/mol. The Bertz CT molecular complexity index is 244. The summed E-state index contributed by atoms with van der Waals surface area (Å²) in [5, 5.41) is 10.00. The summed E-state index contributed by atoms with van der Waals surface area (Å²) in [5.74, 6) is -0.467. The molecule has 0 N–H and O–H groups in total. The molecule has 0 heterocycles. The lowest BCUT2D eigenvalue weighted by Gasteiger charge is -1.87. The normalized spacial score (nSPS) is 9.30. The Morgan fingerprint density at radius 1 is 1.50 bits per heavy atom. The number of halogens is 1. The van der Waals surface area contributed by atoms with Crippen molar-refractivity contribution in [2.75, 3.05) is 0 Å². The lowest BCUT2D eigenvalue weighted by Crippen LogP contribution is -1.86. The molecule has 0 aliphatic rings. The summed E-state index contributed by atoms with van der Waals surface area (Å²) in [6.45, 7) is 0. The van der Waals surface area contributed by atoms with Crippen LogP contribution in [0.2, 0.25) is 0 Å². The molecule has 0 unspecified atom stereocenters. The summed E-state index contributed by atoms with van der Waals surface area (Å²) in [6, 6.07) is 4.35. The minimum Gasteiger partial charge on any atom is -0.258 e. The maximum atomic E-state index is 12.1. The van der Waals surface area contributed by atoms with Gasteiger partial charge < -0.3 is 0 Å². The third kappa shape index (κ3) is 1.28. The molecule has 0 saturated heterocycles. The van der Waals surface area contributed by atoms with Crippen molar-refractivity contribution in [3.63, 3.8) is 0 Å². The molecule has 0 spiro atoms. The summed E-state index contributed by atoms with van der Waals surface area (Å²) < 4.78 is 12.1. The summed E-state index contributed by atoms with van der Waals surface area (Å²) in [5.41, 5.74) is -0.0959. The third-order valence-electron chi connectivity index (χ3n) is 1.04. The number of non-ortho nitro benzene ring substituents is 1. The van der Waals surface area contributed by atoms with Crippen molar-refractivity contribution >= 4 is 5.69 Å². The van der Waals surface area contributed by atoms with E-state index in [0.717, 1.165) is 24.3 Å². The minimum absolute atomic E-state index is 0.0959. The first kappa shape index (κ1) is 6.67. The number of nitro benzene ring substituents is 1. The fourth-order valence-corrected chi connectivity index (χ4v) is 0.563. The molecule has 1 aromatic rings. The van der Waals surface area contributed by atoms with Crippen molar-refractivity contribution in [1.82, 2.24) is 0 Å². The number of benzene rings is 1. The monoisotopic (exact) mass is 143 g/mol. The van der Waals surface area contributed by atoms with Crippen LogP contribution in [0.25, 0.3) is 0 Å². The standard InChI is InChI=1S/C6H4FNO2/c7-5-1-3-6(4-2-5)8(9)10/h1-4H/i6+2. The average molecular weight is 143 g/mol. The maximum absolute atomic E-state index is 12.1. The van der Waals surface area contributed by atoms with Crippen molar-refractivity contribution in [3.8, 4) is 0 Å². The molecule has 0 bridgehead atoms. The Morgan fingerprint density at radius 3 is 2.40 bits per heavy atom. The van der Waals surface area contributed by atoms with Gasteiger partial charge in [-0.1, -0.05) is 0 Å². The summed E-state index contributed by atoms with van der Waals surface area (Å²) >= 11 is 0. The average Bonchev–Trinajstić information content (AvgIpc) is 1.88. The molecule has 52 valence electrons. The molecule has 0 amide bonds. The molecular formula is C6H4FNO2. The quantitative estimate of drug-likeness (QED) is 0.443. The molecule has 4 heteroatoms. The van der Waals surface area contributed by atoms with Crippen LogP contribution in [0.5, 0.6) is 0 Å². The van der Waals surface area contributed by atoms with Crippen LogP contribution in [0.4, 0.5) is 10.1 Å². The second kappa shape index (κ2) is 2.43. The van der Waals surface area contributed by atoms with Crippen LogP contribution in [0, 0.1) is 15.9 Å². The maximum Gasteiger partial charge on any atom is 0.269 e. The van der Waals surface area contributed by atoms with Crippen molar-refractivity contribution in [3.05, 3.63) is 40.2 Å². The van der Waals surface area contributed by atoms with Crippen LogP contribution in [0.3, 0.4) is 0 Å². The molecule has 0 radical (unpaired) electrons. The highest BCUT2D eigenvalue weighted by Gasteiger charge is 2.01. The first-order valence-corrected chi connectivity index (χ1v) is 2.60. The highest BCUT2D eigenvalue weighted by Crippen LogP contribution is 2.09. The van der Waals surface area contributed by atoms with Gasteiger partial charge in [0.15, 0.2) is 0 Å². The van der Waals surface area contributed by atoms with Crippen molar-refractivity contribution in [2.24, 2.45) is 0 Å². The Labute approximate surface area is 56.2 Å². The number of hydrogen-bond acceptors (Lipinski definition) is 2. The number of rotatable bonds is 1. The van der Waals surface area contributed by atoms with Gasteiger partial charge in [-0.25, -0.2) is 4.39 Å². The molecule has 0 fully saturated rings. The second-order valence-corrected chi connectivity index (χ2v) is 1.73. The van der Waals surface area contributed by atoms with Crippen LogP contribution >= 0.6 is 0 Å². The lowest BCUT2D eigenvalue weighted by molar-refractivity contribution is -0.384. The molecule has 0 saturated carbocycles. The van der Waals surface area contributed by atoms with E-state index >= 15 is 0 Å². The van der Waals surface area contributed by atoms with Gasteiger partial charge in [-0.3, -0.25) is 10.1 Å². The zero-order chi connectivity index (χ0) is 7.56. The van der Waals surface area contributed by atoms with E-state index in [4.69, 9.17) is 0 Å². The highest BCUT2D eigenvalue weighted by molar-refractivity contribution is 5.28.